The Morgan fingerprint density at radius 2 is 1.50 bits per heavy atom. The maximum Gasteiger partial charge on any atom is 0.454 e. The number of halogens is 5. The summed E-state index contributed by atoms with van der Waals surface area (Å²) in [6, 6.07) is 0. The molecule has 16 heavy (non-hydrogen) atoms. The molecule has 0 unspecified atom stereocenters. The van der Waals surface area contributed by atoms with Crippen LogP contribution in [-0.2, 0) is 4.74 Å². The van der Waals surface area contributed by atoms with Crippen molar-refractivity contribution in [2.24, 2.45) is 0 Å². The van der Waals surface area contributed by atoms with Gasteiger partial charge in [-0.3, -0.25) is 0 Å². The van der Waals surface area contributed by atoms with Crippen LogP contribution in [0.15, 0.2) is 0 Å². The first-order valence-corrected chi connectivity index (χ1v) is 4.66. The van der Waals surface area contributed by atoms with Crippen molar-refractivity contribution in [2.75, 3.05) is 39.9 Å². The largest absolute Gasteiger partial charge is 0.454 e. The SMILES string of the molecule is COCCNCCNCC(F)(F)C(F)(F)F. The van der Waals surface area contributed by atoms with Gasteiger partial charge in [0.2, 0.25) is 0 Å². The van der Waals surface area contributed by atoms with E-state index in [2.05, 4.69) is 5.32 Å². The fraction of sp³-hybridized carbons (Fsp3) is 1.00. The van der Waals surface area contributed by atoms with Gasteiger partial charge in [0.15, 0.2) is 0 Å². The van der Waals surface area contributed by atoms with Crippen LogP contribution in [0.25, 0.3) is 0 Å². The van der Waals surface area contributed by atoms with E-state index in [0.717, 1.165) is 0 Å². The average molecular weight is 250 g/mol. The summed E-state index contributed by atoms with van der Waals surface area (Å²) in [5, 5.41) is 4.83. The van der Waals surface area contributed by atoms with Crippen molar-refractivity contribution in [3.05, 3.63) is 0 Å². The molecule has 0 bridgehead atoms. The zero-order valence-electron chi connectivity index (χ0n) is 8.83. The fourth-order valence-corrected chi connectivity index (χ4v) is 0.822. The molecule has 0 saturated heterocycles. The van der Waals surface area contributed by atoms with E-state index in [-0.39, 0.29) is 6.54 Å². The second-order valence-corrected chi connectivity index (χ2v) is 3.12. The minimum absolute atomic E-state index is 0.0371. The van der Waals surface area contributed by atoms with Crippen LogP contribution in [-0.4, -0.2) is 52.0 Å². The van der Waals surface area contributed by atoms with Crippen LogP contribution >= 0.6 is 0 Å². The van der Waals surface area contributed by atoms with Crippen molar-refractivity contribution in [3.63, 3.8) is 0 Å². The molecule has 0 aromatic carbocycles. The predicted molar refractivity (Wildman–Crippen MR) is 48.6 cm³/mol. The van der Waals surface area contributed by atoms with E-state index in [9.17, 15) is 22.0 Å². The van der Waals surface area contributed by atoms with Crippen LogP contribution in [0, 0.1) is 0 Å². The first-order chi connectivity index (χ1) is 7.31. The van der Waals surface area contributed by atoms with Gasteiger partial charge in [0.05, 0.1) is 13.2 Å². The molecule has 98 valence electrons. The molecule has 0 atom stereocenters. The highest BCUT2D eigenvalue weighted by Crippen LogP contribution is 2.34. The number of methoxy groups -OCH3 is 1. The number of nitrogens with one attached hydrogen (secondary N) is 2. The van der Waals surface area contributed by atoms with Gasteiger partial charge >= 0.3 is 12.1 Å². The Hall–Kier alpha value is -0.470. The topological polar surface area (TPSA) is 33.3 Å². The highest BCUT2D eigenvalue weighted by Gasteiger charge is 2.56. The minimum Gasteiger partial charge on any atom is -0.383 e. The second-order valence-electron chi connectivity index (χ2n) is 3.12. The van der Waals surface area contributed by atoms with Crippen LogP contribution in [0.3, 0.4) is 0 Å². The molecule has 8 heteroatoms. The van der Waals surface area contributed by atoms with Gasteiger partial charge in [0.1, 0.15) is 0 Å². The Morgan fingerprint density at radius 1 is 0.938 bits per heavy atom. The van der Waals surface area contributed by atoms with Crippen molar-refractivity contribution in [1.82, 2.24) is 10.6 Å². The highest BCUT2D eigenvalue weighted by molar-refractivity contribution is 4.78. The molecule has 3 nitrogen and oxygen atoms in total. The quantitative estimate of drug-likeness (QED) is 0.498. The molecule has 0 saturated carbocycles. The molecule has 0 fully saturated rings. The number of alkyl halides is 5. The van der Waals surface area contributed by atoms with E-state index in [1.54, 1.807) is 0 Å². The van der Waals surface area contributed by atoms with Gasteiger partial charge < -0.3 is 15.4 Å². The molecule has 0 aliphatic heterocycles. The van der Waals surface area contributed by atoms with Crippen molar-refractivity contribution in [1.29, 1.82) is 0 Å². The van der Waals surface area contributed by atoms with Gasteiger partial charge in [0.25, 0.3) is 0 Å². The van der Waals surface area contributed by atoms with Crippen LogP contribution in [0.2, 0.25) is 0 Å². The van der Waals surface area contributed by atoms with Crippen molar-refractivity contribution in [3.8, 4) is 0 Å². The fourth-order valence-electron chi connectivity index (χ4n) is 0.822. The molecule has 0 aliphatic carbocycles. The summed E-state index contributed by atoms with van der Waals surface area (Å²) in [6.45, 7) is -0.0817. The van der Waals surface area contributed by atoms with E-state index >= 15 is 0 Å². The molecule has 0 spiro atoms. The Bertz CT molecular complexity index is 186. The molecule has 0 rings (SSSR count). The third-order valence-electron chi connectivity index (χ3n) is 1.72. The molecule has 2 N–H and O–H groups in total. The lowest BCUT2D eigenvalue weighted by atomic mass is 10.3. The first-order valence-electron chi connectivity index (χ1n) is 4.66. The maximum absolute atomic E-state index is 12.3. The number of hydrogen-bond acceptors (Lipinski definition) is 3. The van der Waals surface area contributed by atoms with Gasteiger partial charge in [-0.05, 0) is 0 Å². The molecule has 0 aliphatic rings. The smallest absolute Gasteiger partial charge is 0.383 e. The Balaban J connectivity index is 3.51. The molecule has 0 aromatic heterocycles. The zero-order valence-corrected chi connectivity index (χ0v) is 8.83. The number of hydrogen-bond donors (Lipinski definition) is 2. The molecular formula is C8H15F5N2O. The lowest BCUT2D eigenvalue weighted by Crippen LogP contribution is -2.46. The summed E-state index contributed by atoms with van der Waals surface area (Å²) in [4.78, 5) is 0. The third kappa shape index (κ3) is 6.19. The summed E-state index contributed by atoms with van der Waals surface area (Å²) >= 11 is 0. The summed E-state index contributed by atoms with van der Waals surface area (Å²) in [6.07, 6.45) is -5.50. The summed E-state index contributed by atoms with van der Waals surface area (Å²) in [7, 11) is 1.50. The van der Waals surface area contributed by atoms with E-state index in [1.807, 2.05) is 5.32 Å². The summed E-state index contributed by atoms with van der Waals surface area (Å²) in [5.74, 6) is -4.68. The minimum atomic E-state index is -5.50. The highest BCUT2D eigenvalue weighted by atomic mass is 19.4. The number of rotatable bonds is 8. The molecular weight excluding hydrogens is 235 g/mol. The van der Waals surface area contributed by atoms with E-state index in [4.69, 9.17) is 4.74 Å². The van der Waals surface area contributed by atoms with Gasteiger partial charge in [-0.2, -0.15) is 22.0 Å². The van der Waals surface area contributed by atoms with Gasteiger partial charge in [-0.25, -0.2) is 0 Å². The van der Waals surface area contributed by atoms with Crippen molar-refractivity contribution >= 4 is 0 Å². The Kier molecular flexibility index (Phi) is 6.77. The van der Waals surface area contributed by atoms with Crippen LogP contribution in [0.5, 0.6) is 0 Å². The first kappa shape index (κ1) is 15.5. The van der Waals surface area contributed by atoms with Crippen LogP contribution in [0.4, 0.5) is 22.0 Å². The van der Waals surface area contributed by atoms with Crippen LogP contribution in [0.1, 0.15) is 0 Å². The lowest BCUT2D eigenvalue weighted by Gasteiger charge is -2.19. The van der Waals surface area contributed by atoms with Gasteiger partial charge in [-0.15, -0.1) is 0 Å². The zero-order chi connectivity index (χ0) is 12.7. The summed E-state index contributed by atoms with van der Waals surface area (Å²) < 4.78 is 64.4. The molecule has 0 radical (unpaired) electrons. The molecule has 0 amide bonds. The maximum atomic E-state index is 12.3. The monoisotopic (exact) mass is 250 g/mol. The third-order valence-corrected chi connectivity index (χ3v) is 1.72. The van der Waals surface area contributed by atoms with E-state index < -0.39 is 18.6 Å². The number of ether oxygens (including phenoxy) is 1. The van der Waals surface area contributed by atoms with Crippen LogP contribution < -0.4 is 10.6 Å². The Labute approximate surface area is 90.3 Å². The normalized spacial score (nSPS) is 13.1. The predicted octanol–water partition coefficient (Wildman–Crippen LogP) is 1.01. The van der Waals surface area contributed by atoms with E-state index in [0.29, 0.717) is 19.7 Å². The second kappa shape index (κ2) is 6.97. The van der Waals surface area contributed by atoms with E-state index in [1.165, 1.54) is 7.11 Å². The molecule has 0 aromatic rings. The Morgan fingerprint density at radius 3 is 2.00 bits per heavy atom. The molecule has 0 heterocycles. The lowest BCUT2D eigenvalue weighted by molar-refractivity contribution is -0.279. The average Bonchev–Trinajstić information content (AvgIpc) is 2.14. The standard InChI is InChI=1S/C8H15F5N2O/c1-16-5-4-14-2-3-15-6-7(9,10)8(11,12)13/h14-15H,2-6H2,1H3. The summed E-state index contributed by atoms with van der Waals surface area (Å²) in [5.41, 5.74) is 0. The van der Waals surface area contributed by atoms with Crippen molar-refractivity contribution < 1.29 is 26.7 Å². The van der Waals surface area contributed by atoms with Gasteiger partial charge in [-0.1, -0.05) is 0 Å². The van der Waals surface area contributed by atoms with Gasteiger partial charge in [0, 0.05) is 26.7 Å². The van der Waals surface area contributed by atoms with Crippen molar-refractivity contribution in [2.45, 2.75) is 12.1 Å².